The Morgan fingerprint density at radius 3 is 1.77 bits per heavy atom. The van der Waals surface area contributed by atoms with Crippen LogP contribution < -0.4 is 0 Å². The maximum absolute atomic E-state index is 14.6. The standard InChI is InChI=1S/C21H15F4I/c1-2-3-16-18(23)10-14(11-19(16)24)15-6-4-12(8-17(15)22)13-5-7-21(26)20(25)9-13/h4-11H,2-3H2,1H3. The molecule has 26 heavy (non-hydrogen) atoms. The molecule has 0 heterocycles. The summed E-state index contributed by atoms with van der Waals surface area (Å²) in [6, 6.07) is 11.2. The van der Waals surface area contributed by atoms with Crippen LogP contribution in [0.3, 0.4) is 0 Å². The zero-order valence-corrected chi connectivity index (χ0v) is 16.1. The van der Waals surface area contributed by atoms with E-state index < -0.39 is 17.5 Å². The Hall–Kier alpha value is -1.89. The molecule has 134 valence electrons. The van der Waals surface area contributed by atoms with Gasteiger partial charge in [-0.2, -0.15) is 0 Å². The Balaban J connectivity index is 2.01. The van der Waals surface area contributed by atoms with Crippen molar-refractivity contribution in [1.29, 1.82) is 0 Å². The largest absolute Gasteiger partial charge is 0.207 e. The number of rotatable bonds is 4. The van der Waals surface area contributed by atoms with Crippen molar-refractivity contribution < 1.29 is 17.6 Å². The van der Waals surface area contributed by atoms with Crippen molar-refractivity contribution in [3.63, 3.8) is 0 Å². The Labute approximate surface area is 163 Å². The molecule has 0 radical (unpaired) electrons. The minimum absolute atomic E-state index is 0.0163. The number of hydrogen-bond acceptors (Lipinski definition) is 0. The second-order valence-corrected chi connectivity index (χ2v) is 7.15. The van der Waals surface area contributed by atoms with Crippen LogP contribution in [-0.2, 0) is 6.42 Å². The zero-order valence-electron chi connectivity index (χ0n) is 13.9. The first-order valence-corrected chi connectivity index (χ1v) is 9.22. The molecule has 0 saturated carbocycles. The summed E-state index contributed by atoms with van der Waals surface area (Å²) < 4.78 is 57.0. The van der Waals surface area contributed by atoms with Gasteiger partial charge in [-0.25, -0.2) is 17.6 Å². The van der Waals surface area contributed by atoms with Crippen molar-refractivity contribution in [2.75, 3.05) is 0 Å². The summed E-state index contributed by atoms with van der Waals surface area (Å²) >= 11 is 1.87. The summed E-state index contributed by atoms with van der Waals surface area (Å²) in [6.07, 6.45) is 0.903. The van der Waals surface area contributed by atoms with Crippen LogP contribution in [-0.4, -0.2) is 0 Å². The summed E-state index contributed by atoms with van der Waals surface area (Å²) in [7, 11) is 0. The molecule has 3 aromatic carbocycles. The highest BCUT2D eigenvalue weighted by Crippen LogP contribution is 2.31. The molecule has 0 unspecified atom stereocenters. The van der Waals surface area contributed by atoms with Crippen LogP contribution in [0.15, 0.2) is 48.5 Å². The molecule has 0 fully saturated rings. The summed E-state index contributed by atoms with van der Waals surface area (Å²) in [5.74, 6) is -2.36. The zero-order chi connectivity index (χ0) is 18.8. The molecule has 0 bridgehead atoms. The third-order valence-electron chi connectivity index (χ3n) is 4.17. The van der Waals surface area contributed by atoms with Crippen molar-refractivity contribution in [1.82, 2.24) is 0 Å². The third kappa shape index (κ3) is 3.77. The van der Waals surface area contributed by atoms with Crippen molar-refractivity contribution in [3.8, 4) is 22.3 Å². The highest BCUT2D eigenvalue weighted by atomic mass is 127. The predicted octanol–water partition coefficient (Wildman–Crippen LogP) is 7.13. The van der Waals surface area contributed by atoms with E-state index in [9.17, 15) is 17.6 Å². The Morgan fingerprint density at radius 2 is 1.23 bits per heavy atom. The van der Waals surface area contributed by atoms with Gasteiger partial charge < -0.3 is 0 Å². The molecule has 0 amide bonds. The highest BCUT2D eigenvalue weighted by molar-refractivity contribution is 14.1. The van der Waals surface area contributed by atoms with Gasteiger partial charge in [0, 0.05) is 14.7 Å². The van der Waals surface area contributed by atoms with E-state index in [1.54, 1.807) is 18.2 Å². The van der Waals surface area contributed by atoms with Crippen LogP contribution in [0.25, 0.3) is 22.3 Å². The molecular weight excluding hydrogens is 455 g/mol. The second kappa shape index (κ2) is 7.78. The first-order chi connectivity index (χ1) is 12.4. The lowest BCUT2D eigenvalue weighted by molar-refractivity contribution is 0.553. The molecule has 0 aliphatic heterocycles. The molecule has 0 aliphatic carbocycles. The fraction of sp³-hybridized carbons (Fsp3) is 0.143. The molecule has 3 aromatic rings. The number of benzene rings is 3. The van der Waals surface area contributed by atoms with Crippen molar-refractivity contribution >= 4 is 22.6 Å². The van der Waals surface area contributed by atoms with E-state index in [1.165, 1.54) is 18.2 Å². The number of halogens is 5. The van der Waals surface area contributed by atoms with Gasteiger partial charge in [-0.05, 0) is 76.0 Å². The molecule has 5 heteroatoms. The SMILES string of the molecule is CCCc1c(F)cc(-c2ccc(-c3ccc(I)c(F)c3)cc2F)cc1F. The lowest BCUT2D eigenvalue weighted by atomic mass is 9.97. The lowest BCUT2D eigenvalue weighted by Gasteiger charge is -2.10. The maximum Gasteiger partial charge on any atom is 0.137 e. The van der Waals surface area contributed by atoms with Crippen LogP contribution in [0.1, 0.15) is 18.9 Å². The molecular formula is C21H15F4I. The lowest BCUT2D eigenvalue weighted by Crippen LogP contribution is -1.97. The first-order valence-electron chi connectivity index (χ1n) is 8.14. The monoisotopic (exact) mass is 470 g/mol. The quantitative estimate of drug-likeness (QED) is 0.281. The third-order valence-corrected chi connectivity index (χ3v) is 5.05. The molecule has 0 aromatic heterocycles. The summed E-state index contributed by atoms with van der Waals surface area (Å²) in [4.78, 5) is 0. The minimum atomic E-state index is -0.676. The van der Waals surface area contributed by atoms with Crippen LogP contribution >= 0.6 is 22.6 Å². The summed E-state index contributed by atoms with van der Waals surface area (Å²) in [5.41, 5.74) is 1.27. The van der Waals surface area contributed by atoms with Gasteiger partial charge in [0.05, 0.1) is 0 Å². The fourth-order valence-corrected chi connectivity index (χ4v) is 3.19. The summed E-state index contributed by atoms with van der Waals surface area (Å²) in [6.45, 7) is 1.83. The Morgan fingerprint density at radius 1 is 0.692 bits per heavy atom. The Kier molecular flexibility index (Phi) is 5.65. The fourth-order valence-electron chi connectivity index (χ4n) is 2.85. The van der Waals surface area contributed by atoms with Crippen LogP contribution in [0.4, 0.5) is 17.6 Å². The minimum Gasteiger partial charge on any atom is -0.207 e. The maximum atomic E-state index is 14.6. The van der Waals surface area contributed by atoms with Gasteiger partial charge in [0.1, 0.15) is 23.3 Å². The van der Waals surface area contributed by atoms with E-state index in [4.69, 9.17) is 0 Å². The molecule has 0 spiro atoms. The van der Waals surface area contributed by atoms with Crippen molar-refractivity contribution in [2.45, 2.75) is 19.8 Å². The van der Waals surface area contributed by atoms with E-state index in [0.717, 1.165) is 12.1 Å². The van der Waals surface area contributed by atoms with E-state index in [1.807, 2.05) is 29.5 Å². The van der Waals surface area contributed by atoms with Gasteiger partial charge in [0.15, 0.2) is 0 Å². The number of hydrogen-bond donors (Lipinski definition) is 0. The van der Waals surface area contributed by atoms with Crippen LogP contribution in [0.2, 0.25) is 0 Å². The van der Waals surface area contributed by atoms with Gasteiger partial charge in [0.25, 0.3) is 0 Å². The molecule has 0 aliphatic rings. The van der Waals surface area contributed by atoms with Crippen molar-refractivity contribution in [3.05, 3.63) is 80.9 Å². The van der Waals surface area contributed by atoms with Gasteiger partial charge in [-0.15, -0.1) is 0 Å². The molecule has 0 saturated heterocycles. The molecule has 0 N–H and O–H groups in total. The van der Waals surface area contributed by atoms with Crippen molar-refractivity contribution in [2.24, 2.45) is 0 Å². The van der Waals surface area contributed by atoms with E-state index >= 15 is 0 Å². The molecule has 0 atom stereocenters. The molecule has 3 rings (SSSR count). The average molecular weight is 470 g/mol. The van der Waals surface area contributed by atoms with Gasteiger partial charge >= 0.3 is 0 Å². The van der Waals surface area contributed by atoms with Gasteiger partial charge in [-0.3, -0.25) is 0 Å². The van der Waals surface area contributed by atoms with E-state index in [-0.39, 0.29) is 28.9 Å². The predicted molar refractivity (Wildman–Crippen MR) is 104 cm³/mol. The van der Waals surface area contributed by atoms with E-state index in [2.05, 4.69) is 0 Å². The van der Waals surface area contributed by atoms with E-state index in [0.29, 0.717) is 21.1 Å². The summed E-state index contributed by atoms with van der Waals surface area (Å²) in [5, 5.41) is 0. The molecule has 0 nitrogen and oxygen atoms in total. The van der Waals surface area contributed by atoms with Crippen LogP contribution in [0.5, 0.6) is 0 Å². The second-order valence-electron chi connectivity index (χ2n) is 5.99. The topological polar surface area (TPSA) is 0 Å². The van der Waals surface area contributed by atoms with Crippen LogP contribution in [0, 0.1) is 26.8 Å². The highest BCUT2D eigenvalue weighted by Gasteiger charge is 2.14. The normalized spacial score (nSPS) is 11.0. The van der Waals surface area contributed by atoms with Gasteiger partial charge in [-0.1, -0.05) is 31.5 Å². The smallest absolute Gasteiger partial charge is 0.137 e. The average Bonchev–Trinajstić information content (AvgIpc) is 2.60. The van der Waals surface area contributed by atoms with Gasteiger partial charge in [0.2, 0.25) is 0 Å². The first kappa shape index (κ1) is 18.9. The Bertz CT molecular complexity index is 943.